The van der Waals surface area contributed by atoms with Crippen molar-refractivity contribution in [3.05, 3.63) is 12.2 Å². The molecule has 2 unspecified atom stereocenters. The predicted molar refractivity (Wildman–Crippen MR) is 41.2 cm³/mol. The Hall–Kier alpha value is -0.820. The van der Waals surface area contributed by atoms with Gasteiger partial charge < -0.3 is 0 Å². The maximum absolute atomic E-state index is 10.4. The third kappa shape index (κ3) is 4.57. The summed E-state index contributed by atoms with van der Waals surface area (Å²) in [5, 5.41) is 0. The molecule has 0 saturated carbocycles. The van der Waals surface area contributed by atoms with E-state index in [1.54, 1.807) is 19.1 Å². The van der Waals surface area contributed by atoms with Gasteiger partial charge in [-0.3, -0.25) is 0 Å². The molecule has 0 aliphatic carbocycles. The van der Waals surface area contributed by atoms with E-state index in [9.17, 15) is 9.36 Å². The molecule has 0 aromatic carbocycles. The average molecular weight is 174 g/mol. The van der Waals surface area contributed by atoms with E-state index in [1.807, 2.05) is 0 Å². The molecule has 2 atom stereocenters. The molecule has 5 heteroatoms. The van der Waals surface area contributed by atoms with Crippen molar-refractivity contribution in [2.24, 2.45) is 4.99 Å². The van der Waals surface area contributed by atoms with E-state index in [4.69, 9.17) is 4.89 Å². The lowest BCUT2D eigenvalue weighted by molar-refractivity contribution is 0.488. The van der Waals surface area contributed by atoms with Gasteiger partial charge in [0.2, 0.25) is 6.08 Å². The fourth-order valence-electron chi connectivity index (χ4n) is 0.511. The molecule has 60 valence electrons. The quantitative estimate of drug-likeness (QED) is 0.302. The van der Waals surface area contributed by atoms with E-state index in [0.29, 0.717) is 6.42 Å². The van der Waals surface area contributed by atoms with E-state index in [0.717, 1.165) is 0 Å². The molecule has 0 heterocycles. The average Bonchev–Trinajstić information content (AvgIpc) is 1.97. The van der Waals surface area contributed by atoms with Crippen LogP contribution in [0.25, 0.3) is 0 Å². The van der Waals surface area contributed by atoms with Crippen LogP contribution in [0.1, 0.15) is 13.3 Å². The summed E-state index contributed by atoms with van der Waals surface area (Å²) in [5.74, 6) is -0.835. The van der Waals surface area contributed by atoms with Crippen LogP contribution in [-0.2, 0) is 9.36 Å². The second-order valence-corrected chi connectivity index (χ2v) is 3.01. The number of isocyanates is 1. The highest BCUT2D eigenvalue weighted by Crippen LogP contribution is 2.26. The molecule has 1 N–H and O–H groups in total. The second-order valence-electron chi connectivity index (χ2n) is 1.81. The highest BCUT2D eigenvalue weighted by Gasteiger charge is 2.26. The van der Waals surface area contributed by atoms with Crippen molar-refractivity contribution in [3.63, 3.8) is 0 Å². The number of allylic oxidation sites excluding steroid dienone is 1. The molecule has 0 aromatic heterocycles. The smallest absolute Gasteiger partial charge is 0.211 e. The standard InChI is InChI=1S/C6H8NO3P/c1-2-3-4-6(7-5-8)11(9)10/h2-3,6H,4H2,1H3/p+1/b3-2+. The molecular formula is C6H9NO3P+. The van der Waals surface area contributed by atoms with Crippen molar-refractivity contribution in [2.75, 3.05) is 0 Å². The van der Waals surface area contributed by atoms with Gasteiger partial charge in [-0.2, -0.15) is 4.89 Å². The van der Waals surface area contributed by atoms with Gasteiger partial charge in [-0.05, 0) is 11.5 Å². The van der Waals surface area contributed by atoms with Crippen molar-refractivity contribution in [3.8, 4) is 0 Å². The van der Waals surface area contributed by atoms with E-state index < -0.39 is 13.8 Å². The Morgan fingerprint density at radius 2 is 2.45 bits per heavy atom. The zero-order chi connectivity index (χ0) is 8.69. The summed E-state index contributed by atoms with van der Waals surface area (Å²) in [6, 6.07) is 0. The zero-order valence-corrected chi connectivity index (χ0v) is 6.99. The minimum atomic E-state index is -2.41. The van der Waals surface area contributed by atoms with Crippen LogP contribution in [0.5, 0.6) is 0 Å². The largest absolute Gasteiger partial charge is 0.533 e. The number of hydrogen-bond acceptors (Lipinski definition) is 3. The van der Waals surface area contributed by atoms with E-state index in [-0.39, 0.29) is 0 Å². The van der Waals surface area contributed by atoms with Gasteiger partial charge in [0.1, 0.15) is 0 Å². The summed E-state index contributed by atoms with van der Waals surface area (Å²) >= 11 is 0. The maximum atomic E-state index is 10.4. The SMILES string of the molecule is C/C=C/CC(N=C=O)[P+](=O)O. The van der Waals surface area contributed by atoms with Crippen LogP contribution < -0.4 is 0 Å². The molecule has 11 heavy (non-hydrogen) atoms. The molecule has 4 nitrogen and oxygen atoms in total. The first-order valence-electron chi connectivity index (χ1n) is 3.05. The van der Waals surface area contributed by atoms with Crippen molar-refractivity contribution in [2.45, 2.75) is 19.1 Å². The second kappa shape index (κ2) is 5.93. The Morgan fingerprint density at radius 3 is 2.82 bits per heavy atom. The normalized spacial score (nSPS) is 14.2. The van der Waals surface area contributed by atoms with Gasteiger partial charge in [-0.25, -0.2) is 4.79 Å². The fourth-order valence-corrected chi connectivity index (χ4v) is 0.959. The van der Waals surface area contributed by atoms with E-state index in [1.165, 1.54) is 6.08 Å². The summed E-state index contributed by atoms with van der Waals surface area (Å²) in [6.07, 6.45) is 4.96. The van der Waals surface area contributed by atoms with Crippen LogP contribution in [0.2, 0.25) is 0 Å². The number of carbonyl (C=O) groups excluding carboxylic acids is 1. The molecule has 0 aliphatic rings. The minimum Gasteiger partial charge on any atom is -0.211 e. The van der Waals surface area contributed by atoms with Crippen LogP contribution in [0, 0.1) is 0 Å². The van der Waals surface area contributed by atoms with Crippen molar-refractivity contribution >= 4 is 14.1 Å². The molecule has 0 spiro atoms. The molecule has 0 radical (unpaired) electrons. The summed E-state index contributed by atoms with van der Waals surface area (Å²) < 4.78 is 10.4. The number of hydrogen-bond donors (Lipinski definition) is 1. The fraction of sp³-hybridized carbons (Fsp3) is 0.500. The van der Waals surface area contributed by atoms with Crippen LogP contribution in [0.3, 0.4) is 0 Å². The van der Waals surface area contributed by atoms with Crippen LogP contribution in [0.15, 0.2) is 17.1 Å². The first-order chi connectivity index (χ1) is 5.22. The lowest BCUT2D eigenvalue weighted by Crippen LogP contribution is -1.94. The van der Waals surface area contributed by atoms with E-state index >= 15 is 0 Å². The first-order valence-corrected chi connectivity index (χ1v) is 4.34. The van der Waals surface area contributed by atoms with Crippen molar-refractivity contribution in [1.82, 2.24) is 0 Å². The van der Waals surface area contributed by atoms with Gasteiger partial charge in [0.25, 0.3) is 5.78 Å². The summed E-state index contributed by atoms with van der Waals surface area (Å²) in [6.45, 7) is 1.78. The lowest BCUT2D eigenvalue weighted by Gasteiger charge is -1.88. The highest BCUT2D eigenvalue weighted by atomic mass is 31.1. The lowest BCUT2D eigenvalue weighted by atomic mass is 10.4. The highest BCUT2D eigenvalue weighted by molar-refractivity contribution is 7.38. The van der Waals surface area contributed by atoms with Crippen LogP contribution >= 0.6 is 8.03 Å². The van der Waals surface area contributed by atoms with Crippen LogP contribution in [0.4, 0.5) is 0 Å². The Labute approximate surface area is 65.5 Å². The van der Waals surface area contributed by atoms with E-state index in [2.05, 4.69) is 4.99 Å². The third-order valence-corrected chi connectivity index (χ3v) is 1.88. The molecule has 0 bridgehead atoms. The molecular weight excluding hydrogens is 165 g/mol. The first kappa shape index (κ1) is 10.2. The molecule has 0 saturated heterocycles. The number of aliphatic imine (C=N–C) groups is 1. The predicted octanol–water partition coefficient (Wildman–Crippen LogP) is 1.35. The van der Waals surface area contributed by atoms with Gasteiger partial charge in [-0.1, -0.05) is 12.2 Å². The number of nitrogens with zero attached hydrogens (tertiary/aromatic N) is 1. The summed E-state index contributed by atoms with van der Waals surface area (Å²) in [7, 11) is -2.41. The molecule has 0 aliphatic heterocycles. The van der Waals surface area contributed by atoms with Gasteiger partial charge in [-0.15, -0.1) is 4.99 Å². The monoisotopic (exact) mass is 174 g/mol. The summed E-state index contributed by atoms with van der Waals surface area (Å²) in [5.41, 5.74) is 0. The Balaban J connectivity index is 4.10. The zero-order valence-electron chi connectivity index (χ0n) is 6.10. The van der Waals surface area contributed by atoms with Gasteiger partial charge in [0, 0.05) is 6.42 Å². The van der Waals surface area contributed by atoms with Gasteiger partial charge in [0.05, 0.1) is 0 Å². The third-order valence-electron chi connectivity index (χ3n) is 1.04. The maximum Gasteiger partial charge on any atom is 0.533 e. The van der Waals surface area contributed by atoms with Crippen molar-refractivity contribution < 1.29 is 14.3 Å². The molecule has 0 fully saturated rings. The van der Waals surface area contributed by atoms with Crippen LogP contribution in [-0.4, -0.2) is 16.8 Å². The number of rotatable bonds is 4. The van der Waals surface area contributed by atoms with Crippen molar-refractivity contribution in [1.29, 1.82) is 0 Å². The molecule has 0 amide bonds. The molecule has 0 aromatic rings. The Morgan fingerprint density at radius 1 is 1.82 bits per heavy atom. The minimum absolute atomic E-state index is 0.303. The molecule has 0 rings (SSSR count). The van der Waals surface area contributed by atoms with Gasteiger partial charge in [0.15, 0.2) is 0 Å². The Kier molecular flexibility index (Phi) is 5.49. The summed E-state index contributed by atoms with van der Waals surface area (Å²) in [4.78, 5) is 21.5. The van der Waals surface area contributed by atoms with Gasteiger partial charge >= 0.3 is 8.03 Å². The topological polar surface area (TPSA) is 66.7 Å². The Bertz CT molecular complexity index is 206.